The number of hydrogen-bond donors (Lipinski definition) is 2. The first-order valence-electron chi connectivity index (χ1n) is 5.81. The molecule has 17 heavy (non-hydrogen) atoms. The molecule has 94 valence electrons. The average Bonchev–Trinajstić information content (AvgIpc) is 2.34. The van der Waals surface area contributed by atoms with Crippen LogP contribution in [0.15, 0.2) is 24.3 Å². The zero-order valence-corrected chi connectivity index (χ0v) is 10.3. The summed E-state index contributed by atoms with van der Waals surface area (Å²) in [6, 6.07) is 6.77. The van der Waals surface area contributed by atoms with Gasteiger partial charge in [0.1, 0.15) is 11.8 Å². The fraction of sp³-hybridized carbons (Fsp3) is 0.462. The lowest BCUT2D eigenvalue weighted by Gasteiger charge is -2.17. The van der Waals surface area contributed by atoms with E-state index in [1.54, 1.807) is 13.2 Å². The molecule has 4 heteroatoms. The van der Waals surface area contributed by atoms with E-state index in [4.69, 9.17) is 9.84 Å². The van der Waals surface area contributed by atoms with Crippen LogP contribution in [0.4, 0.5) is 5.69 Å². The first kappa shape index (κ1) is 13.4. The smallest absolute Gasteiger partial charge is 0.326 e. The van der Waals surface area contributed by atoms with Gasteiger partial charge >= 0.3 is 5.97 Å². The summed E-state index contributed by atoms with van der Waals surface area (Å²) in [5, 5.41) is 12.1. The summed E-state index contributed by atoms with van der Waals surface area (Å²) in [5.41, 5.74) is 0.721. The molecule has 1 unspecified atom stereocenters. The van der Waals surface area contributed by atoms with Crippen LogP contribution in [-0.4, -0.2) is 24.2 Å². The number of aliphatic carboxylic acids is 1. The number of nitrogens with one attached hydrogen (secondary N) is 1. The molecular weight excluding hydrogens is 218 g/mol. The van der Waals surface area contributed by atoms with Gasteiger partial charge in [0.15, 0.2) is 0 Å². The van der Waals surface area contributed by atoms with Crippen molar-refractivity contribution in [2.75, 3.05) is 12.4 Å². The molecule has 0 radical (unpaired) electrons. The minimum absolute atomic E-state index is 0.564. The average molecular weight is 237 g/mol. The zero-order valence-electron chi connectivity index (χ0n) is 10.3. The number of carboxylic acid groups (broad SMARTS) is 1. The SMILES string of the molecule is CCCCC(Nc1ccccc1OC)C(=O)O. The number of benzene rings is 1. The van der Waals surface area contributed by atoms with Gasteiger partial charge in [0, 0.05) is 0 Å². The third kappa shape index (κ3) is 3.98. The number of hydrogen-bond acceptors (Lipinski definition) is 3. The van der Waals surface area contributed by atoms with Crippen LogP contribution in [0.25, 0.3) is 0 Å². The summed E-state index contributed by atoms with van der Waals surface area (Å²) in [7, 11) is 1.57. The second-order valence-electron chi connectivity index (χ2n) is 3.88. The summed E-state index contributed by atoms with van der Waals surface area (Å²) in [4.78, 5) is 11.1. The molecule has 0 saturated carbocycles. The van der Waals surface area contributed by atoms with Gasteiger partial charge in [-0.25, -0.2) is 4.79 Å². The van der Waals surface area contributed by atoms with Gasteiger partial charge in [0.25, 0.3) is 0 Å². The molecule has 0 aromatic heterocycles. The molecule has 0 fully saturated rings. The highest BCUT2D eigenvalue weighted by atomic mass is 16.5. The maximum atomic E-state index is 11.1. The van der Waals surface area contributed by atoms with E-state index >= 15 is 0 Å². The largest absolute Gasteiger partial charge is 0.495 e. The monoisotopic (exact) mass is 237 g/mol. The predicted octanol–water partition coefficient (Wildman–Crippen LogP) is 2.75. The molecule has 0 aliphatic rings. The molecule has 1 aromatic carbocycles. The summed E-state index contributed by atoms with van der Waals surface area (Å²) < 4.78 is 5.17. The highest BCUT2D eigenvalue weighted by Gasteiger charge is 2.17. The Morgan fingerprint density at radius 3 is 2.76 bits per heavy atom. The Morgan fingerprint density at radius 2 is 2.18 bits per heavy atom. The van der Waals surface area contributed by atoms with Gasteiger partial charge in [-0.3, -0.25) is 0 Å². The van der Waals surface area contributed by atoms with Crippen molar-refractivity contribution in [1.29, 1.82) is 0 Å². The van der Waals surface area contributed by atoms with Crippen LogP contribution in [0.3, 0.4) is 0 Å². The lowest BCUT2D eigenvalue weighted by Crippen LogP contribution is -2.29. The molecule has 1 atom stereocenters. The highest BCUT2D eigenvalue weighted by molar-refractivity contribution is 5.78. The van der Waals surface area contributed by atoms with Crippen LogP contribution in [0.1, 0.15) is 26.2 Å². The second kappa shape index (κ2) is 6.78. The fourth-order valence-electron chi connectivity index (χ4n) is 1.62. The van der Waals surface area contributed by atoms with E-state index in [0.29, 0.717) is 12.2 Å². The molecule has 0 heterocycles. The third-order valence-electron chi connectivity index (χ3n) is 2.58. The molecule has 0 amide bonds. The van der Waals surface area contributed by atoms with E-state index < -0.39 is 12.0 Å². The van der Waals surface area contributed by atoms with Crippen molar-refractivity contribution >= 4 is 11.7 Å². The summed E-state index contributed by atoms with van der Waals surface area (Å²) in [5.74, 6) is -0.167. The number of para-hydroxylation sites is 2. The van der Waals surface area contributed by atoms with Crippen LogP contribution in [0.5, 0.6) is 5.75 Å². The Morgan fingerprint density at radius 1 is 1.47 bits per heavy atom. The summed E-state index contributed by atoms with van der Waals surface area (Å²) in [6.45, 7) is 2.04. The van der Waals surface area contributed by atoms with E-state index in [0.717, 1.165) is 18.5 Å². The molecule has 4 nitrogen and oxygen atoms in total. The molecule has 0 aliphatic heterocycles. The quantitative estimate of drug-likeness (QED) is 0.765. The van der Waals surface area contributed by atoms with Gasteiger partial charge in [0.2, 0.25) is 0 Å². The van der Waals surface area contributed by atoms with Crippen molar-refractivity contribution in [2.24, 2.45) is 0 Å². The second-order valence-corrected chi connectivity index (χ2v) is 3.88. The van der Waals surface area contributed by atoms with Crippen molar-refractivity contribution in [1.82, 2.24) is 0 Å². The lowest BCUT2D eigenvalue weighted by atomic mass is 10.1. The Bertz CT molecular complexity index is 365. The maximum absolute atomic E-state index is 11.1. The van der Waals surface area contributed by atoms with Gasteiger partial charge < -0.3 is 15.2 Å². The van der Waals surface area contributed by atoms with Gasteiger partial charge in [-0.2, -0.15) is 0 Å². The molecule has 0 aliphatic carbocycles. The number of carboxylic acids is 1. The maximum Gasteiger partial charge on any atom is 0.326 e. The number of rotatable bonds is 7. The topological polar surface area (TPSA) is 58.6 Å². The number of anilines is 1. The molecule has 1 aromatic rings. The van der Waals surface area contributed by atoms with E-state index in [-0.39, 0.29) is 0 Å². The fourth-order valence-corrected chi connectivity index (χ4v) is 1.62. The molecular formula is C13H19NO3. The van der Waals surface area contributed by atoms with Gasteiger partial charge in [0.05, 0.1) is 12.8 Å². The van der Waals surface area contributed by atoms with E-state index in [1.807, 2.05) is 25.1 Å². The van der Waals surface area contributed by atoms with E-state index in [1.165, 1.54) is 0 Å². The number of unbranched alkanes of at least 4 members (excludes halogenated alkanes) is 1. The van der Waals surface area contributed by atoms with Crippen LogP contribution in [0.2, 0.25) is 0 Å². The molecule has 2 N–H and O–H groups in total. The van der Waals surface area contributed by atoms with Crippen LogP contribution >= 0.6 is 0 Å². The predicted molar refractivity (Wildman–Crippen MR) is 67.6 cm³/mol. The van der Waals surface area contributed by atoms with Crippen LogP contribution < -0.4 is 10.1 Å². The van der Waals surface area contributed by atoms with Crippen molar-refractivity contribution in [3.8, 4) is 5.75 Å². The van der Waals surface area contributed by atoms with E-state index in [2.05, 4.69) is 5.32 Å². The molecule has 0 bridgehead atoms. The summed E-state index contributed by atoms with van der Waals surface area (Å²) in [6.07, 6.45) is 2.49. The van der Waals surface area contributed by atoms with Gasteiger partial charge in [-0.1, -0.05) is 31.9 Å². The molecule has 0 saturated heterocycles. The van der Waals surface area contributed by atoms with Crippen LogP contribution in [-0.2, 0) is 4.79 Å². The Balaban J connectivity index is 2.74. The van der Waals surface area contributed by atoms with E-state index in [9.17, 15) is 4.79 Å². The van der Waals surface area contributed by atoms with Gasteiger partial charge in [-0.05, 0) is 18.6 Å². The standard InChI is InChI=1S/C13H19NO3/c1-3-4-7-11(13(15)16)14-10-8-5-6-9-12(10)17-2/h5-6,8-9,11,14H,3-4,7H2,1-2H3,(H,15,16). The zero-order chi connectivity index (χ0) is 12.7. The Hall–Kier alpha value is -1.71. The highest BCUT2D eigenvalue weighted by Crippen LogP contribution is 2.24. The Kier molecular flexibility index (Phi) is 5.33. The molecule has 1 rings (SSSR count). The molecule has 0 spiro atoms. The first-order chi connectivity index (χ1) is 8.19. The minimum Gasteiger partial charge on any atom is -0.495 e. The number of methoxy groups -OCH3 is 1. The Labute approximate surface area is 102 Å². The summed E-state index contributed by atoms with van der Waals surface area (Å²) >= 11 is 0. The number of ether oxygens (including phenoxy) is 1. The van der Waals surface area contributed by atoms with Gasteiger partial charge in [-0.15, -0.1) is 0 Å². The van der Waals surface area contributed by atoms with Crippen molar-refractivity contribution in [3.63, 3.8) is 0 Å². The first-order valence-corrected chi connectivity index (χ1v) is 5.81. The van der Waals surface area contributed by atoms with Crippen LogP contribution in [0, 0.1) is 0 Å². The van der Waals surface area contributed by atoms with Crippen molar-refractivity contribution in [3.05, 3.63) is 24.3 Å². The van der Waals surface area contributed by atoms with Crippen molar-refractivity contribution < 1.29 is 14.6 Å². The minimum atomic E-state index is -0.829. The number of carbonyl (C=O) groups is 1. The normalized spacial score (nSPS) is 11.9. The third-order valence-corrected chi connectivity index (χ3v) is 2.58. The lowest BCUT2D eigenvalue weighted by molar-refractivity contribution is -0.138. The van der Waals surface area contributed by atoms with Crippen molar-refractivity contribution in [2.45, 2.75) is 32.2 Å².